The molecule has 2 fully saturated rings. The maximum absolute atomic E-state index is 11.9. The molecule has 0 spiro atoms. The van der Waals surface area contributed by atoms with Crippen molar-refractivity contribution in [1.29, 1.82) is 0 Å². The molecule has 1 saturated carbocycles. The summed E-state index contributed by atoms with van der Waals surface area (Å²) >= 11 is 0. The molecule has 2 rings (SSSR count). The highest BCUT2D eigenvalue weighted by Gasteiger charge is 2.29. The minimum absolute atomic E-state index is 0.158. The number of piperazine rings is 1. The first-order valence-corrected chi connectivity index (χ1v) is 9.12. The summed E-state index contributed by atoms with van der Waals surface area (Å²) in [5, 5.41) is 16.2. The molecule has 2 aliphatic rings. The summed E-state index contributed by atoms with van der Waals surface area (Å²) in [7, 11) is 2.16. The third kappa shape index (κ3) is 6.65. The number of rotatable bonds is 6. The molecule has 3 N–H and O–H groups in total. The van der Waals surface area contributed by atoms with Crippen molar-refractivity contribution in [3.05, 3.63) is 0 Å². The van der Waals surface area contributed by atoms with Crippen molar-refractivity contribution in [2.75, 3.05) is 52.9 Å². The van der Waals surface area contributed by atoms with Crippen LogP contribution in [0.2, 0.25) is 0 Å². The summed E-state index contributed by atoms with van der Waals surface area (Å²) in [5.41, 5.74) is -0.693. The first-order chi connectivity index (χ1) is 11.0. The van der Waals surface area contributed by atoms with Gasteiger partial charge in [0.1, 0.15) is 0 Å². The van der Waals surface area contributed by atoms with Crippen LogP contribution >= 0.6 is 0 Å². The van der Waals surface area contributed by atoms with E-state index in [4.69, 9.17) is 0 Å². The molecule has 134 valence electrons. The van der Waals surface area contributed by atoms with E-state index in [0.717, 1.165) is 58.4 Å². The van der Waals surface area contributed by atoms with E-state index in [-0.39, 0.29) is 6.03 Å². The minimum Gasteiger partial charge on any atom is -0.388 e. The average molecular weight is 326 g/mol. The molecule has 1 heterocycles. The van der Waals surface area contributed by atoms with Crippen LogP contribution < -0.4 is 10.6 Å². The fraction of sp³-hybridized carbons (Fsp3) is 0.941. The highest BCUT2D eigenvalue weighted by atomic mass is 16.3. The SMILES string of the molecule is CC(CNC(=O)NCC1(O)CCCCC1)CN1CCN(C)CC1. The Morgan fingerprint density at radius 1 is 1.13 bits per heavy atom. The summed E-state index contributed by atoms with van der Waals surface area (Å²) in [4.78, 5) is 16.7. The lowest BCUT2D eigenvalue weighted by atomic mass is 9.85. The Morgan fingerprint density at radius 2 is 1.78 bits per heavy atom. The van der Waals surface area contributed by atoms with E-state index >= 15 is 0 Å². The molecule has 1 saturated heterocycles. The van der Waals surface area contributed by atoms with Crippen molar-refractivity contribution < 1.29 is 9.90 Å². The first kappa shape index (κ1) is 18.5. The van der Waals surface area contributed by atoms with Gasteiger partial charge in [-0.15, -0.1) is 0 Å². The molecular formula is C17H34N4O2. The zero-order valence-corrected chi connectivity index (χ0v) is 14.8. The second-order valence-corrected chi connectivity index (χ2v) is 7.56. The standard InChI is InChI=1S/C17H34N4O2/c1-15(13-21-10-8-20(2)9-11-21)12-18-16(22)19-14-17(23)6-4-3-5-7-17/h15,23H,3-14H2,1-2H3,(H2,18,19,22). The molecule has 2 amide bonds. The van der Waals surface area contributed by atoms with Gasteiger partial charge in [-0.1, -0.05) is 26.2 Å². The van der Waals surface area contributed by atoms with Gasteiger partial charge >= 0.3 is 6.03 Å². The largest absolute Gasteiger partial charge is 0.388 e. The summed E-state index contributed by atoms with van der Waals surface area (Å²) in [6.45, 7) is 8.71. The molecule has 6 heteroatoms. The van der Waals surface area contributed by atoms with Crippen LogP contribution in [-0.2, 0) is 0 Å². The number of amides is 2. The Morgan fingerprint density at radius 3 is 2.43 bits per heavy atom. The van der Waals surface area contributed by atoms with Crippen LogP contribution in [0.4, 0.5) is 4.79 Å². The van der Waals surface area contributed by atoms with Gasteiger partial charge in [0.05, 0.1) is 5.60 Å². The maximum atomic E-state index is 11.9. The quantitative estimate of drug-likeness (QED) is 0.677. The van der Waals surface area contributed by atoms with Crippen molar-refractivity contribution in [2.24, 2.45) is 5.92 Å². The molecule has 1 aliphatic heterocycles. The number of nitrogens with one attached hydrogen (secondary N) is 2. The number of likely N-dealkylation sites (N-methyl/N-ethyl adjacent to an activating group) is 1. The van der Waals surface area contributed by atoms with Crippen LogP contribution in [0.25, 0.3) is 0 Å². The number of urea groups is 1. The smallest absolute Gasteiger partial charge is 0.314 e. The van der Waals surface area contributed by atoms with Crippen LogP contribution in [0.3, 0.4) is 0 Å². The predicted octanol–water partition coefficient (Wildman–Crippen LogP) is 0.864. The lowest BCUT2D eigenvalue weighted by Crippen LogP contribution is -2.49. The number of hydrogen-bond acceptors (Lipinski definition) is 4. The van der Waals surface area contributed by atoms with Gasteiger partial charge in [0.25, 0.3) is 0 Å². The van der Waals surface area contributed by atoms with Gasteiger partial charge in [-0.2, -0.15) is 0 Å². The predicted molar refractivity (Wildman–Crippen MR) is 92.5 cm³/mol. The lowest BCUT2D eigenvalue weighted by Gasteiger charge is -2.34. The topological polar surface area (TPSA) is 67.8 Å². The van der Waals surface area contributed by atoms with Crippen molar-refractivity contribution >= 4 is 6.03 Å². The van der Waals surface area contributed by atoms with Crippen LogP contribution in [-0.4, -0.2) is 79.4 Å². The summed E-state index contributed by atoms with van der Waals surface area (Å²) in [6.07, 6.45) is 4.90. The van der Waals surface area contributed by atoms with Gasteiger partial charge in [0.2, 0.25) is 0 Å². The van der Waals surface area contributed by atoms with E-state index in [9.17, 15) is 9.90 Å². The Labute approximate surface area is 140 Å². The molecule has 0 radical (unpaired) electrons. The summed E-state index contributed by atoms with van der Waals surface area (Å²) < 4.78 is 0. The number of nitrogens with zero attached hydrogens (tertiary/aromatic N) is 2. The molecule has 1 unspecified atom stereocenters. The van der Waals surface area contributed by atoms with Gasteiger partial charge in [0, 0.05) is 45.8 Å². The second-order valence-electron chi connectivity index (χ2n) is 7.56. The highest BCUT2D eigenvalue weighted by molar-refractivity contribution is 5.73. The van der Waals surface area contributed by atoms with Gasteiger partial charge in [-0.05, 0) is 25.8 Å². The molecule has 1 atom stereocenters. The van der Waals surface area contributed by atoms with E-state index in [1.54, 1.807) is 0 Å². The van der Waals surface area contributed by atoms with E-state index in [0.29, 0.717) is 19.0 Å². The number of aliphatic hydroxyl groups is 1. The molecule has 0 aromatic carbocycles. The van der Waals surface area contributed by atoms with E-state index < -0.39 is 5.60 Å². The molecule has 6 nitrogen and oxygen atoms in total. The van der Waals surface area contributed by atoms with Gasteiger partial charge in [-0.3, -0.25) is 0 Å². The van der Waals surface area contributed by atoms with Crippen molar-refractivity contribution in [1.82, 2.24) is 20.4 Å². The second kappa shape index (κ2) is 8.85. The Balaban J connectivity index is 1.58. The molecule has 23 heavy (non-hydrogen) atoms. The van der Waals surface area contributed by atoms with Crippen LogP contribution in [0.1, 0.15) is 39.0 Å². The lowest BCUT2D eigenvalue weighted by molar-refractivity contribution is 0.00717. The Kier molecular flexibility index (Phi) is 7.11. The van der Waals surface area contributed by atoms with Gasteiger partial charge in [-0.25, -0.2) is 4.79 Å². The molecule has 0 aromatic heterocycles. The van der Waals surface area contributed by atoms with Crippen LogP contribution in [0.15, 0.2) is 0 Å². The van der Waals surface area contributed by atoms with Crippen molar-refractivity contribution in [2.45, 2.75) is 44.6 Å². The summed E-state index contributed by atoms with van der Waals surface area (Å²) in [5.74, 6) is 0.432. The average Bonchev–Trinajstić information content (AvgIpc) is 2.54. The zero-order chi connectivity index (χ0) is 16.7. The number of carbonyl (C=O) groups excluding carboxylic acids is 1. The maximum Gasteiger partial charge on any atom is 0.314 e. The normalized spacial score (nSPS) is 24.1. The Hall–Kier alpha value is -0.850. The van der Waals surface area contributed by atoms with E-state index in [2.05, 4.69) is 34.4 Å². The molecule has 0 bridgehead atoms. The number of carbonyl (C=O) groups is 1. The molecular weight excluding hydrogens is 292 g/mol. The first-order valence-electron chi connectivity index (χ1n) is 9.12. The van der Waals surface area contributed by atoms with Gasteiger partial charge < -0.3 is 25.5 Å². The Bertz CT molecular complexity index is 364. The molecule has 1 aliphatic carbocycles. The zero-order valence-electron chi connectivity index (χ0n) is 14.8. The van der Waals surface area contributed by atoms with E-state index in [1.807, 2.05) is 0 Å². The minimum atomic E-state index is -0.693. The van der Waals surface area contributed by atoms with Gasteiger partial charge in [0.15, 0.2) is 0 Å². The monoisotopic (exact) mass is 326 g/mol. The fourth-order valence-corrected chi connectivity index (χ4v) is 3.50. The van der Waals surface area contributed by atoms with Crippen LogP contribution in [0, 0.1) is 5.92 Å². The number of hydrogen-bond donors (Lipinski definition) is 3. The van der Waals surface area contributed by atoms with Crippen LogP contribution in [0.5, 0.6) is 0 Å². The van der Waals surface area contributed by atoms with Crippen molar-refractivity contribution in [3.63, 3.8) is 0 Å². The summed E-state index contributed by atoms with van der Waals surface area (Å²) in [6, 6.07) is -0.158. The van der Waals surface area contributed by atoms with E-state index in [1.165, 1.54) is 6.42 Å². The molecule has 0 aromatic rings. The fourth-order valence-electron chi connectivity index (χ4n) is 3.50. The third-order valence-electron chi connectivity index (χ3n) is 5.14. The third-order valence-corrected chi connectivity index (χ3v) is 5.14. The highest BCUT2D eigenvalue weighted by Crippen LogP contribution is 2.27. The van der Waals surface area contributed by atoms with Crippen molar-refractivity contribution in [3.8, 4) is 0 Å².